The van der Waals surface area contributed by atoms with E-state index in [1.54, 1.807) is 18.6 Å². The maximum absolute atomic E-state index is 13.0. The smallest absolute Gasteiger partial charge is 0.302 e. The number of carbonyl (C=O) groups is 3. The van der Waals surface area contributed by atoms with Gasteiger partial charge < -0.3 is 19.7 Å². The molecule has 0 saturated heterocycles. The van der Waals surface area contributed by atoms with Gasteiger partial charge in [0.05, 0.1) is 0 Å². The highest BCUT2D eigenvalue weighted by Crippen LogP contribution is 2.67. The molecule has 7 nitrogen and oxygen atoms in total. The van der Waals surface area contributed by atoms with Crippen molar-refractivity contribution in [1.29, 1.82) is 0 Å². The third-order valence-electron chi connectivity index (χ3n) is 11.3. The Bertz CT molecular complexity index is 1050. The van der Waals surface area contributed by atoms with Gasteiger partial charge in [-0.25, -0.2) is 0 Å². The number of nitrogens with zero attached hydrogens (tertiary/aromatic N) is 1. The van der Waals surface area contributed by atoms with Crippen LogP contribution >= 0.6 is 0 Å². The summed E-state index contributed by atoms with van der Waals surface area (Å²) in [5.74, 6) is 0.736. The SMILES string of the molecule is C/C=C(\C)C(=O)N[C@H]1[C@@H](OC(C)=O)C[C@@]2(C)C(CC[C@@H]3[C@@H]2CC[C@]2(C)C([C@H](C)N(C)C)=CC[C@@H]32)[C@H]1OC(C)=O. The van der Waals surface area contributed by atoms with Gasteiger partial charge >= 0.3 is 11.9 Å². The quantitative estimate of drug-likeness (QED) is 0.287. The number of fused-ring (bicyclic) bond motifs is 5. The van der Waals surface area contributed by atoms with Crippen LogP contribution in [0.1, 0.15) is 87.0 Å². The van der Waals surface area contributed by atoms with Crippen LogP contribution in [0.25, 0.3) is 0 Å². The molecule has 10 atom stereocenters. The van der Waals surface area contributed by atoms with Gasteiger partial charge in [0.15, 0.2) is 0 Å². The fraction of sp³-hybridized carbons (Fsp3) is 0.781. The highest BCUT2D eigenvalue weighted by Gasteiger charge is 2.63. The fourth-order valence-corrected chi connectivity index (χ4v) is 9.12. The Labute approximate surface area is 235 Å². The van der Waals surface area contributed by atoms with Gasteiger partial charge in [-0.2, -0.15) is 0 Å². The number of hydrogen-bond acceptors (Lipinski definition) is 6. The monoisotopic (exact) mass is 542 g/mol. The third-order valence-corrected chi connectivity index (χ3v) is 11.3. The number of nitrogens with one attached hydrogen (secondary N) is 1. The molecule has 1 N–H and O–H groups in total. The average Bonchev–Trinajstić information content (AvgIpc) is 3.21. The van der Waals surface area contributed by atoms with Crippen molar-refractivity contribution in [2.75, 3.05) is 14.1 Å². The number of carbonyl (C=O) groups excluding carboxylic acids is 3. The molecular formula is C32H50N2O5. The Morgan fingerprint density at radius 2 is 1.69 bits per heavy atom. The van der Waals surface area contributed by atoms with E-state index in [1.165, 1.54) is 13.8 Å². The molecule has 0 aromatic rings. The van der Waals surface area contributed by atoms with E-state index >= 15 is 0 Å². The Morgan fingerprint density at radius 3 is 2.28 bits per heavy atom. The first kappa shape index (κ1) is 29.8. The second kappa shape index (κ2) is 11.0. The number of allylic oxidation sites excluding steroid dienone is 2. The van der Waals surface area contributed by atoms with Crippen LogP contribution in [0.15, 0.2) is 23.3 Å². The molecule has 218 valence electrons. The van der Waals surface area contributed by atoms with Crippen LogP contribution in [0.5, 0.6) is 0 Å². The Balaban J connectivity index is 1.68. The lowest BCUT2D eigenvalue weighted by Crippen LogP contribution is -2.67. The summed E-state index contributed by atoms with van der Waals surface area (Å²) in [5.41, 5.74) is 2.20. The molecule has 39 heavy (non-hydrogen) atoms. The normalized spacial score (nSPS) is 40.5. The maximum atomic E-state index is 13.0. The lowest BCUT2D eigenvalue weighted by Gasteiger charge is -2.63. The van der Waals surface area contributed by atoms with E-state index in [0.29, 0.717) is 35.8 Å². The number of likely N-dealkylation sites (N-methyl/N-ethyl adjacent to an activating group) is 1. The van der Waals surface area contributed by atoms with E-state index in [9.17, 15) is 14.4 Å². The van der Waals surface area contributed by atoms with Crippen molar-refractivity contribution in [2.24, 2.45) is 34.5 Å². The van der Waals surface area contributed by atoms with E-state index in [0.717, 1.165) is 32.1 Å². The van der Waals surface area contributed by atoms with Gasteiger partial charge in [0, 0.05) is 31.4 Å². The second-order valence-electron chi connectivity index (χ2n) is 13.5. The van der Waals surface area contributed by atoms with Crippen LogP contribution in [0.3, 0.4) is 0 Å². The molecule has 7 heteroatoms. The van der Waals surface area contributed by atoms with Crippen LogP contribution in [-0.4, -0.2) is 61.1 Å². The summed E-state index contributed by atoms with van der Waals surface area (Å²) >= 11 is 0. The Hall–Kier alpha value is -2.15. The largest absolute Gasteiger partial charge is 0.460 e. The second-order valence-corrected chi connectivity index (χ2v) is 13.5. The predicted molar refractivity (Wildman–Crippen MR) is 152 cm³/mol. The molecule has 0 aliphatic heterocycles. The van der Waals surface area contributed by atoms with Crippen molar-refractivity contribution in [2.45, 2.75) is 111 Å². The number of rotatable bonds is 6. The van der Waals surface area contributed by atoms with Crippen LogP contribution in [-0.2, 0) is 23.9 Å². The molecule has 0 spiro atoms. The average molecular weight is 543 g/mol. The zero-order valence-electron chi connectivity index (χ0n) is 25.5. The Kier molecular flexibility index (Phi) is 8.43. The molecule has 0 aromatic carbocycles. The lowest BCUT2D eigenvalue weighted by atomic mass is 9.43. The molecule has 0 aromatic heterocycles. The molecule has 3 saturated carbocycles. The van der Waals surface area contributed by atoms with Gasteiger partial charge in [-0.05, 0) is 102 Å². The van der Waals surface area contributed by atoms with Crippen molar-refractivity contribution in [1.82, 2.24) is 10.2 Å². The van der Waals surface area contributed by atoms with Crippen LogP contribution in [0, 0.1) is 34.5 Å². The molecule has 1 unspecified atom stereocenters. The zero-order valence-corrected chi connectivity index (χ0v) is 25.5. The standard InChI is InChI=1S/C32H50N2O5/c1-10-18(2)30(37)33-28-27(38-20(4)35)17-32(7)25-15-16-31(6)23(19(3)34(8)9)13-14-24(31)22(25)11-12-26(32)29(28)39-21(5)36/h10,13,19,22,24-29H,11-12,14-17H2,1-9H3,(H,33,37)/b18-10+/t19-,22-,24-,25-,26?,27-,28-,29+,31+,32+/m0/s1. The molecule has 0 heterocycles. The lowest BCUT2D eigenvalue weighted by molar-refractivity contribution is -0.202. The van der Waals surface area contributed by atoms with Gasteiger partial charge in [-0.15, -0.1) is 0 Å². The van der Waals surface area contributed by atoms with Crippen molar-refractivity contribution in [3.8, 4) is 0 Å². The molecule has 1 amide bonds. The number of esters is 2. The molecule has 3 fully saturated rings. The highest BCUT2D eigenvalue weighted by atomic mass is 16.6. The Morgan fingerprint density at radius 1 is 1.03 bits per heavy atom. The number of amides is 1. The van der Waals surface area contributed by atoms with Crippen molar-refractivity contribution in [3.63, 3.8) is 0 Å². The first-order valence-electron chi connectivity index (χ1n) is 14.9. The summed E-state index contributed by atoms with van der Waals surface area (Å²) in [7, 11) is 4.33. The van der Waals surface area contributed by atoms with Gasteiger partial charge in [0.2, 0.25) is 5.91 Å². The first-order chi connectivity index (χ1) is 18.2. The summed E-state index contributed by atoms with van der Waals surface area (Å²) in [4.78, 5) is 40.0. The third kappa shape index (κ3) is 5.20. The van der Waals surface area contributed by atoms with Crippen LogP contribution in [0.4, 0.5) is 0 Å². The van der Waals surface area contributed by atoms with E-state index in [-0.39, 0.29) is 34.6 Å². The van der Waals surface area contributed by atoms with Crippen LogP contribution < -0.4 is 5.32 Å². The van der Waals surface area contributed by atoms with E-state index in [4.69, 9.17) is 9.47 Å². The molecule has 0 bridgehead atoms. The molecule has 4 rings (SSSR count). The van der Waals surface area contributed by atoms with Crippen molar-refractivity contribution < 1.29 is 23.9 Å². The summed E-state index contributed by atoms with van der Waals surface area (Å²) in [6.07, 6.45) is 9.23. The first-order valence-corrected chi connectivity index (χ1v) is 14.9. The highest BCUT2D eigenvalue weighted by molar-refractivity contribution is 5.93. The van der Waals surface area contributed by atoms with Crippen molar-refractivity contribution in [3.05, 3.63) is 23.3 Å². The summed E-state index contributed by atoms with van der Waals surface area (Å²) in [5, 5.41) is 3.10. The molecule has 4 aliphatic carbocycles. The summed E-state index contributed by atoms with van der Waals surface area (Å²) in [6, 6.07) is -0.158. The van der Waals surface area contributed by atoms with Crippen molar-refractivity contribution >= 4 is 17.8 Å². The zero-order chi connectivity index (χ0) is 28.9. The van der Waals surface area contributed by atoms with Crippen LogP contribution in [0.2, 0.25) is 0 Å². The molecule has 4 aliphatic rings. The van der Waals surface area contributed by atoms with E-state index in [2.05, 4.69) is 51.2 Å². The molecular weight excluding hydrogens is 492 g/mol. The number of hydrogen-bond donors (Lipinski definition) is 1. The van der Waals surface area contributed by atoms with Gasteiger partial charge in [-0.3, -0.25) is 14.4 Å². The van der Waals surface area contributed by atoms with Gasteiger partial charge in [0.1, 0.15) is 18.2 Å². The topological polar surface area (TPSA) is 84.9 Å². The van der Waals surface area contributed by atoms with E-state index in [1.807, 2.05) is 6.92 Å². The van der Waals surface area contributed by atoms with E-state index < -0.39 is 18.2 Å². The minimum Gasteiger partial charge on any atom is -0.460 e. The maximum Gasteiger partial charge on any atom is 0.302 e. The minimum absolute atomic E-state index is 0.0876. The fourth-order valence-electron chi connectivity index (χ4n) is 9.12. The number of ether oxygens (including phenoxy) is 2. The van der Waals surface area contributed by atoms with Gasteiger partial charge in [-0.1, -0.05) is 31.6 Å². The predicted octanol–water partition coefficient (Wildman–Crippen LogP) is 5.05. The molecule has 0 radical (unpaired) electrons. The summed E-state index contributed by atoms with van der Waals surface area (Å²) < 4.78 is 12.0. The van der Waals surface area contributed by atoms with Gasteiger partial charge in [0.25, 0.3) is 0 Å². The minimum atomic E-state index is -0.579. The summed E-state index contributed by atoms with van der Waals surface area (Å²) in [6.45, 7) is 13.6.